The van der Waals surface area contributed by atoms with Crippen molar-refractivity contribution in [3.8, 4) is 0 Å². The van der Waals surface area contributed by atoms with Crippen LogP contribution in [0, 0.1) is 0 Å². The predicted octanol–water partition coefficient (Wildman–Crippen LogP) is 2.83. The lowest BCUT2D eigenvalue weighted by atomic mass is 10.0. The van der Waals surface area contributed by atoms with Crippen LogP contribution in [0.2, 0.25) is 0 Å². The molecule has 0 N–H and O–H groups in total. The molecule has 0 radical (unpaired) electrons. The molecule has 2 aliphatic rings. The number of halogens is 3. The second kappa shape index (κ2) is 8.63. The minimum absolute atomic E-state index is 0.141. The molecule has 2 saturated heterocycles. The number of aromatic nitrogens is 3. The second-order valence-electron chi connectivity index (χ2n) is 7.57. The maximum Gasteiger partial charge on any atom is 0.417 e. The van der Waals surface area contributed by atoms with Crippen molar-refractivity contribution >= 4 is 17.6 Å². The second-order valence-corrected chi connectivity index (χ2v) is 7.57. The summed E-state index contributed by atoms with van der Waals surface area (Å²) in [6.45, 7) is 4.39. The van der Waals surface area contributed by atoms with Crippen molar-refractivity contribution in [2.24, 2.45) is 0 Å². The van der Waals surface area contributed by atoms with Crippen LogP contribution in [-0.2, 0) is 10.9 Å². The van der Waals surface area contributed by atoms with Crippen LogP contribution in [0.15, 0.2) is 30.6 Å². The van der Waals surface area contributed by atoms with E-state index < -0.39 is 11.7 Å². The van der Waals surface area contributed by atoms with E-state index in [4.69, 9.17) is 9.72 Å². The number of likely N-dealkylation sites (N-methyl/N-ethyl adjacent to an activating group) is 1. The van der Waals surface area contributed by atoms with Gasteiger partial charge in [-0.1, -0.05) is 0 Å². The van der Waals surface area contributed by atoms with Crippen molar-refractivity contribution in [1.82, 2.24) is 15.0 Å². The van der Waals surface area contributed by atoms with Gasteiger partial charge in [-0.2, -0.15) is 18.2 Å². The first-order valence-electron chi connectivity index (χ1n) is 10.1. The molecule has 10 heteroatoms. The first-order chi connectivity index (χ1) is 14.4. The number of morpholine rings is 1. The topological polar surface area (TPSA) is 57.6 Å². The van der Waals surface area contributed by atoms with Crippen LogP contribution < -0.4 is 14.7 Å². The number of pyridine rings is 1. The predicted molar refractivity (Wildman–Crippen MR) is 108 cm³/mol. The maximum atomic E-state index is 12.8. The van der Waals surface area contributed by atoms with Crippen molar-refractivity contribution in [1.29, 1.82) is 0 Å². The van der Waals surface area contributed by atoms with Crippen molar-refractivity contribution in [3.63, 3.8) is 0 Å². The fourth-order valence-corrected chi connectivity index (χ4v) is 3.86. The molecule has 1 unspecified atom stereocenters. The van der Waals surface area contributed by atoms with E-state index in [2.05, 4.69) is 19.8 Å². The molecule has 1 atom stereocenters. The highest BCUT2D eigenvalue weighted by molar-refractivity contribution is 5.46. The summed E-state index contributed by atoms with van der Waals surface area (Å²) in [4.78, 5) is 19.5. The summed E-state index contributed by atoms with van der Waals surface area (Å²) in [5.41, 5.74) is -0.731. The number of ether oxygens (including phenoxy) is 1. The monoisotopic (exact) mass is 422 g/mol. The van der Waals surface area contributed by atoms with Gasteiger partial charge in [-0.15, -0.1) is 0 Å². The zero-order valence-corrected chi connectivity index (χ0v) is 16.8. The largest absolute Gasteiger partial charge is 0.417 e. The number of alkyl halides is 3. The maximum absolute atomic E-state index is 12.8. The van der Waals surface area contributed by atoms with Gasteiger partial charge in [0, 0.05) is 51.7 Å². The molecule has 4 heterocycles. The smallest absolute Gasteiger partial charge is 0.378 e. The first-order valence-corrected chi connectivity index (χ1v) is 10.1. The minimum atomic E-state index is -4.38. The van der Waals surface area contributed by atoms with Crippen LogP contribution >= 0.6 is 0 Å². The number of rotatable bonds is 4. The fraction of sp³-hybridized carbons (Fsp3) is 0.550. The number of nitrogens with zero attached hydrogens (tertiary/aromatic N) is 6. The normalized spacial score (nSPS) is 20.3. The SMILES string of the molecule is CN(c1nccc(N2CCOCC2)n1)C1CCCN(c2ccc(C(F)(F)F)cn2)C1. The van der Waals surface area contributed by atoms with Crippen LogP contribution in [0.1, 0.15) is 18.4 Å². The molecule has 162 valence electrons. The Balaban J connectivity index is 1.45. The van der Waals surface area contributed by atoms with Gasteiger partial charge in [-0.25, -0.2) is 9.97 Å². The number of hydrogen-bond donors (Lipinski definition) is 0. The molecule has 30 heavy (non-hydrogen) atoms. The number of piperidine rings is 1. The summed E-state index contributed by atoms with van der Waals surface area (Å²) >= 11 is 0. The summed E-state index contributed by atoms with van der Waals surface area (Å²) in [5.74, 6) is 2.09. The van der Waals surface area contributed by atoms with E-state index in [1.807, 2.05) is 18.0 Å². The highest BCUT2D eigenvalue weighted by Gasteiger charge is 2.31. The summed E-state index contributed by atoms with van der Waals surface area (Å²) in [6, 6.07) is 4.58. The third-order valence-electron chi connectivity index (χ3n) is 5.62. The van der Waals surface area contributed by atoms with Crippen molar-refractivity contribution in [3.05, 3.63) is 36.2 Å². The van der Waals surface area contributed by atoms with Crippen LogP contribution in [0.5, 0.6) is 0 Å². The summed E-state index contributed by atoms with van der Waals surface area (Å²) in [6.07, 6.45) is 0.165. The van der Waals surface area contributed by atoms with Crippen LogP contribution in [0.4, 0.5) is 30.8 Å². The lowest BCUT2D eigenvalue weighted by molar-refractivity contribution is -0.137. The highest BCUT2D eigenvalue weighted by atomic mass is 19.4. The molecule has 7 nitrogen and oxygen atoms in total. The zero-order valence-electron chi connectivity index (χ0n) is 16.8. The molecule has 2 aromatic heterocycles. The van der Waals surface area contributed by atoms with E-state index in [0.29, 0.717) is 31.5 Å². The Morgan fingerprint density at radius 3 is 2.53 bits per heavy atom. The fourth-order valence-electron chi connectivity index (χ4n) is 3.86. The molecule has 4 rings (SSSR count). The molecule has 0 bridgehead atoms. The Morgan fingerprint density at radius 1 is 1.03 bits per heavy atom. The molecule has 2 fully saturated rings. The Kier molecular flexibility index (Phi) is 5.94. The van der Waals surface area contributed by atoms with E-state index in [9.17, 15) is 13.2 Å². The van der Waals surface area contributed by atoms with Crippen LogP contribution in [0.25, 0.3) is 0 Å². The lowest BCUT2D eigenvalue weighted by Gasteiger charge is -2.38. The van der Waals surface area contributed by atoms with Gasteiger partial charge in [0.1, 0.15) is 11.6 Å². The Morgan fingerprint density at radius 2 is 1.83 bits per heavy atom. The van der Waals surface area contributed by atoms with Gasteiger partial charge in [0.15, 0.2) is 0 Å². The average Bonchev–Trinajstić information content (AvgIpc) is 2.79. The summed E-state index contributed by atoms with van der Waals surface area (Å²) < 4.78 is 43.8. The molecule has 0 saturated carbocycles. The van der Waals surface area contributed by atoms with Crippen molar-refractivity contribution < 1.29 is 17.9 Å². The third kappa shape index (κ3) is 4.58. The Hall–Kier alpha value is -2.62. The van der Waals surface area contributed by atoms with Gasteiger partial charge >= 0.3 is 6.18 Å². The van der Waals surface area contributed by atoms with Crippen LogP contribution in [-0.4, -0.2) is 67.4 Å². The average molecular weight is 422 g/mol. The van der Waals surface area contributed by atoms with Crippen LogP contribution in [0.3, 0.4) is 0 Å². The number of hydrogen-bond acceptors (Lipinski definition) is 7. The van der Waals surface area contributed by atoms with Crippen molar-refractivity contribution in [2.75, 3.05) is 61.1 Å². The Labute approximate surface area is 173 Å². The van der Waals surface area contributed by atoms with E-state index in [1.165, 1.54) is 6.07 Å². The van der Waals surface area contributed by atoms with Crippen molar-refractivity contribution in [2.45, 2.75) is 25.1 Å². The van der Waals surface area contributed by atoms with Gasteiger partial charge in [0.25, 0.3) is 0 Å². The lowest BCUT2D eigenvalue weighted by Crippen LogP contribution is -2.47. The Bertz CT molecular complexity index is 841. The molecule has 0 amide bonds. The van der Waals surface area contributed by atoms with E-state index in [1.54, 1.807) is 6.20 Å². The van der Waals surface area contributed by atoms with Gasteiger partial charge in [0.05, 0.1) is 18.8 Å². The summed E-state index contributed by atoms with van der Waals surface area (Å²) in [5, 5.41) is 0. The molecule has 2 aliphatic heterocycles. The quantitative estimate of drug-likeness (QED) is 0.751. The minimum Gasteiger partial charge on any atom is -0.378 e. The third-order valence-corrected chi connectivity index (χ3v) is 5.62. The molecule has 2 aromatic rings. The van der Waals surface area contributed by atoms with Gasteiger partial charge in [-0.05, 0) is 31.0 Å². The standard InChI is InChI=1S/C20H25F3N6O/c1-27(19-24-7-6-18(26-19)28-9-11-30-12-10-28)16-3-2-8-29(14-16)17-5-4-15(13-25-17)20(21,22)23/h4-7,13,16H,2-3,8-12,14H2,1H3. The molecular weight excluding hydrogens is 397 g/mol. The van der Waals surface area contributed by atoms with E-state index in [-0.39, 0.29) is 6.04 Å². The zero-order chi connectivity index (χ0) is 21.1. The van der Waals surface area contributed by atoms with E-state index in [0.717, 1.165) is 50.6 Å². The van der Waals surface area contributed by atoms with Gasteiger partial charge in [-0.3, -0.25) is 0 Å². The molecule has 0 spiro atoms. The molecule has 0 aliphatic carbocycles. The van der Waals surface area contributed by atoms with E-state index >= 15 is 0 Å². The molecule has 0 aromatic carbocycles. The molecular formula is C20H25F3N6O. The number of anilines is 3. The van der Waals surface area contributed by atoms with Gasteiger partial charge < -0.3 is 19.4 Å². The highest BCUT2D eigenvalue weighted by Crippen LogP contribution is 2.30. The first kappa shape index (κ1) is 20.6. The van der Waals surface area contributed by atoms with Gasteiger partial charge in [0.2, 0.25) is 5.95 Å². The summed E-state index contributed by atoms with van der Waals surface area (Å²) in [7, 11) is 1.97.